The maximum absolute atomic E-state index is 10.8. The first-order valence-corrected chi connectivity index (χ1v) is 4.05. The van der Waals surface area contributed by atoms with Crippen LogP contribution in [0.4, 0.5) is 11.4 Å². The lowest BCUT2D eigenvalue weighted by molar-refractivity contribution is -0.384. The lowest BCUT2D eigenvalue weighted by Crippen LogP contribution is -2.00. The van der Waals surface area contributed by atoms with Gasteiger partial charge < -0.3 is 19.9 Å². The zero-order chi connectivity index (χ0) is 11.0. The fourth-order valence-electron chi connectivity index (χ4n) is 1.40. The standard InChI is InChI=1S/C8H8N2O5/c1-13-8-6(10(11)12)4(9)2-5-7(8)15-3-14-5/h2H,3,9H2,1H3. The summed E-state index contributed by atoms with van der Waals surface area (Å²) < 4.78 is 15.0. The van der Waals surface area contributed by atoms with Crippen LogP contribution >= 0.6 is 0 Å². The molecule has 1 aliphatic heterocycles. The number of fused-ring (bicyclic) bond motifs is 1. The van der Waals surface area contributed by atoms with Gasteiger partial charge in [-0.15, -0.1) is 0 Å². The molecule has 80 valence electrons. The van der Waals surface area contributed by atoms with Gasteiger partial charge in [0.1, 0.15) is 5.69 Å². The summed E-state index contributed by atoms with van der Waals surface area (Å²) in [5.41, 5.74) is 5.20. The monoisotopic (exact) mass is 212 g/mol. The number of nitrogens with zero attached hydrogens (tertiary/aromatic N) is 1. The third-order valence-corrected chi connectivity index (χ3v) is 2.01. The first kappa shape index (κ1) is 9.38. The summed E-state index contributed by atoms with van der Waals surface area (Å²) in [6.45, 7) is 0.00625. The molecule has 1 aromatic carbocycles. The van der Waals surface area contributed by atoms with E-state index in [0.717, 1.165) is 0 Å². The van der Waals surface area contributed by atoms with Crippen molar-refractivity contribution in [1.82, 2.24) is 0 Å². The second kappa shape index (κ2) is 3.19. The Hall–Kier alpha value is -2.18. The molecule has 1 heterocycles. The fraction of sp³-hybridized carbons (Fsp3) is 0.250. The normalized spacial score (nSPS) is 12.6. The van der Waals surface area contributed by atoms with Crippen LogP contribution in [0.1, 0.15) is 0 Å². The molecule has 0 aliphatic carbocycles. The zero-order valence-corrected chi connectivity index (χ0v) is 7.85. The van der Waals surface area contributed by atoms with E-state index in [9.17, 15) is 10.1 Å². The topological polar surface area (TPSA) is 96.9 Å². The molecule has 0 unspecified atom stereocenters. The Morgan fingerprint density at radius 1 is 1.60 bits per heavy atom. The Labute approximate surface area is 84.5 Å². The molecular formula is C8H8N2O5. The molecule has 2 rings (SSSR count). The van der Waals surface area contributed by atoms with E-state index in [2.05, 4.69) is 0 Å². The van der Waals surface area contributed by atoms with E-state index in [-0.39, 0.29) is 29.7 Å². The molecule has 15 heavy (non-hydrogen) atoms. The highest BCUT2D eigenvalue weighted by Crippen LogP contribution is 2.49. The van der Waals surface area contributed by atoms with Crippen LogP contribution in [0.25, 0.3) is 0 Å². The molecule has 7 nitrogen and oxygen atoms in total. The number of hydrogen-bond acceptors (Lipinski definition) is 6. The number of nitrogen functional groups attached to an aromatic ring is 1. The van der Waals surface area contributed by atoms with E-state index in [1.165, 1.54) is 13.2 Å². The number of benzene rings is 1. The van der Waals surface area contributed by atoms with E-state index >= 15 is 0 Å². The van der Waals surface area contributed by atoms with Gasteiger partial charge in [0, 0.05) is 6.07 Å². The van der Waals surface area contributed by atoms with Gasteiger partial charge in [-0.05, 0) is 0 Å². The van der Waals surface area contributed by atoms with E-state index in [1.807, 2.05) is 0 Å². The quantitative estimate of drug-likeness (QED) is 0.444. The predicted molar refractivity (Wildman–Crippen MR) is 50.2 cm³/mol. The van der Waals surface area contributed by atoms with Crippen molar-refractivity contribution in [1.29, 1.82) is 0 Å². The van der Waals surface area contributed by atoms with Gasteiger partial charge in [0.25, 0.3) is 0 Å². The third kappa shape index (κ3) is 1.28. The number of nitro groups is 1. The average molecular weight is 212 g/mol. The number of hydrogen-bond donors (Lipinski definition) is 1. The fourth-order valence-corrected chi connectivity index (χ4v) is 1.40. The lowest BCUT2D eigenvalue weighted by atomic mass is 10.2. The highest BCUT2D eigenvalue weighted by Gasteiger charge is 2.30. The van der Waals surface area contributed by atoms with Crippen molar-refractivity contribution in [3.05, 3.63) is 16.2 Å². The predicted octanol–water partition coefficient (Wildman–Crippen LogP) is 0.914. The van der Waals surface area contributed by atoms with Gasteiger partial charge in [0.2, 0.25) is 18.3 Å². The van der Waals surface area contributed by atoms with Gasteiger partial charge >= 0.3 is 5.69 Å². The van der Waals surface area contributed by atoms with Gasteiger partial charge in [-0.3, -0.25) is 10.1 Å². The Kier molecular flexibility index (Phi) is 2.00. The number of nitro benzene ring substituents is 1. The van der Waals surface area contributed by atoms with Crippen molar-refractivity contribution in [2.45, 2.75) is 0 Å². The number of ether oxygens (including phenoxy) is 3. The molecular weight excluding hydrogens is 204 g/mol. The molecule has 0 bridgehead atoms. The van der Waals surface area contributed by atoms with Crippen LogP contribution in [-0.2, 0) is 0 Å². The third-order valence-electron chi connectivity index (χ3n) is 2.01. The average Bonchev–Trinajstić information content (AvgIpc) is 2.62. The summed E-state index contributed by atoms with van der Waals surface area (Å²) in [4.78, 5) is 10.1. The van der Waals surface area contributed by atoms with Crippen molar-refractivity contribution in [2.75, 3.05) is 19.6 Å². The molecule has 0 spiro atoms. The van der Waals surface area contributed by atoms with Crippen molar-refractivity contribution < 1.29 is 19.1 Å². The van der Waals surface area contributed by atoms with Gasteiger partial charge in [-0.2, -0.15) is 0 Å². The van der Waals surface area contributed by atoms with Gasteiger partial charge in [-0.25, -0.2) is 0 Å². The van der Waals surface area contributed by atoms with Crippen LogP contribution in [0.15, 0.2) is 6.07 Å². The summed E-state index contributed by atoms with van der Waals surface area (Å²) in [7, 11) is 1.31. The lowest BCUT2D eigenvalue weighted by Gasteiger charge is -2.06. The van der Waals surface area contributed by atoms with Gasteiger partial charge in [0.05, 0.1) is 12.0 Å². The molecule has 1 aromatic rings. The van der Waals surface area contributed by atoms with E-state index in [4.69, 9.17) is 19.9 Å². The minimum atomic E-state index is -0.615. The SMILES string of the molecule is COc1c2c(cc(N)c1[N+](=O)[O-])OCO2. The maximum atomic E-state index is 10.8. The summed E-state index contributed by atoms with van der Waals surface area (Å²) in [6, 6.07) is 1.35. The zero-order valence-electron chi connectivity index (χ0n) is 7.85. The highest BCUT2D eigenvalue weighted by atomic mass is 16.7. The maximum Gasteiger partial charge on any atom is 0.337 e. The first-order valence-electron chi connectivity index (χ1n) is 4.05. The van der Waals surface area contributed by atoms with E-state index in [0.29, 0.717) is 5.75 Å². The van der Waals surface area contributed by atoms with Crippen molar-refractivity contribution >= 4 is 11.4 Å². The summed E-state index contributed by atoms with van der Waals surface area (Å²) >= 11 is 0. The van der Waals surface area contributed by atoms with Crippen LogP contribution in [0.2, 0.25) is 0 Å². The van der Waals surface area contributed by atoms with Crippen LogP contribution in [-0.4, -0.2) is 18.8 Å². The first-order chi connectivity index (χ1) is 7.15. The molecule has 0 amide bonds. The van der Waals surface area contributed by atoms with Crippen LogP contribution in [0.5, 0.6) is 17.2 Å². The molecule has 0 radical (unpaired) electrons. The molecule has 1 aliphatic rings. The number of methoxy groups -OCH3 is 1. The van der Waals surface area contributed by atoms with Crippen LogP contribution < -0.4 is 19.9 Å². The molecule has 0 saturated carbocycles. The van der Waals surface area contributed by atoms with Gasteiger partial charge in [0.15, 0.2) is 5.75 Å². The molecule has 0 atom stereocenters. The van der Waals surface area contributed by atoms with Gasteiger partial charge in [-0.1, -0.05) is 0 Å². The van der Waals surface area contributed by atoms with Crippen molar-refractivity contribution in [3.8, 4) is 17.2 Å². The summed E-state index contributed by atoms with van der Waals surface area (Å²) in [5, 5.41) is 10.8. The van der Waals surface area contributed by atoms with Crippen molar-refractivity contribution in [2.24, 2.45) is 0 Å². The number of anilines is 1. The molecule has 0 aromatic heterocycles. The molecule has 0 saturated heterocycles. The van der Waals surface area contributed by atoms with Crippen LogP contribution in [0.3, 0.4) is 0 Å². The van der Waals surface area contributed by atoms with E-state index in [1.54, 1.807) is 0 Å². The summed E-state index contributed by atoms with van der Waals surface area (Å²) in [6.07, 6.45) is 0. The Balaban J connectivity index is 2.69. The number of nitrogens with two attached hydrogens (primary N) is 1. The Morgan fingerprint density at radius 3 is 2.93 bits per heavy atom. The number of rotatable bonds is 2. The minimum absolute atomic E-state index is 0.00625. The Bertz CT molecular complexity index is 432. The van der Waals surface area contributed by atoms with E-state index < -0.39 is 4.92 Å². The molecule has 7 heteroatoms. The summed E-state index contributed by atoms with van der Waals surface area (Å²) in [5.74, 6) is 0.570. The second-order valence-electron chi connectivity index (χ2n) is 2.84. The minimum Gasteiger partial charge on any atom is -0.487 e. The smallest absolute Gasteiger partial charge is 0.337 e. The second-order valence-corrected chi connectivity index (χ2v) is 2.84. The largest absolute Gasteiger partial charge is 0.487 e. The van der Waals surface area contributed by atoms with Crippen molar-refractivity contribution in [3.63, 3.8) is 0 Å². The molecule has 2 N–H and O–H groups in total. The molecule has 0 fully saturated rings. The van der Waals surface area contributed by atoms with Crippen LogP contribution in [0, 0.1) is 10.1 Å². The Morgan fingerprint density at radius 2 is 2.33 bits per heavy atom. The highest BCUT2D eigenvalue weighted by molar-refractivity contribution is 5.75.